The van der Waals surface area contributed by atoms with Crippen LogP contribution in [0, 0.1) is 0 Å². The number of nitrogens with zero attached hydrogens (tertiary/aromatic N) is 2. The quantitative estimate of drug-likeness (QED) is 0.132. The Hall–Kier alpha value is -5.45. The lowest BCUT2D eigenvalue weighted by Crippen LogP contribution is -2.54. The van der Waals surface area contributed by atoms with E-state index in [-0.39, 0.29) is 18.4 Å². The number of methoxy groups -OCH3 is 1. The summed E-state index contributed by atoms with van der Waals surface area (Å²) in [5.74, 6) is -2.30. The van der Waals surface area contributed by atoms with Crippen molar-refractivity contribution in [2.45, 2.75) is 81.0 Å². The van der Waals surface area contributed by atoms with Crippen molar-refractivity contribution in [3.8, 4) is 11.5 Å². The maximum absolute atomic E-state index is 13.1. The number of rotatable bonds is 13. The second-order valence-corrected chi connectivity index (χ2v) is 13.3. The minimum atomic E-state index is -4.78. The van der Waals surface area contributed by atoms with Crippen LogP contribution in [0.15, 0.2) is 82.2 Å². The number of carbonyl (C=O) groups excluding carboxylic acids is 2. The molecule has 0 aliphatic carbocycles. The molecule has 3 aromatic rings. The molecule has 0 spiro atoms. The standard InChI is InChI=1S/C36H40F3N5O13/c1-52-28-27(48)33(44-15-12-25(46)42-35(44)51)55-29(28)30(31(40)49)56-34-26(47)23(45)16-24(54-34)32(50)41-17-18-2-4-19(5-3-18)43-13-10-21(11-14-43)53-20-6-8-22(9-7-20)57-36(37,38)39/h2-9,12,15-16,21,23,26-30,33-34,45,47-48H,10-11,13-14,17H2,1H3,(H2,40,49)(H,41,50)(H,42,46,51)/t23-,26-,27+,28-,29-,30+,33+,34+/m0/s1. The van der Waals surface area contributed by atoms with Gasteiger partial charge in [-0.3, -0.25) is 23.9 Å². The lowest BCUT2D eigenvalue weighted by Gasteiger charge is -2.35. The molecule has 1 aromatic heterocycles. The van der Waals surface area contributed by atoms with Gasteiger partial charge in [0.2, 0.25) is 12.2 Å². The fourth-order valence-corrected chi connectivity index (χ4v) is 6.63. The van der Waals surface area contributed by atoms with Crippen molar-refractivity contribution in [3.63, 3.8) is 0 Å². The molecule has 0 unspecified atom stereocenters. The van der Waals surface area contributed by atoms with Crippen molar-refractivity contribution in [2.75, 3.05) is 25.1 Å². The van der Waals surface area contributed by atoms with E-state index in [9.17, 15) is 47.7 Å². The number of hydrogen-bond donors (Lipinski definition) is 6. The molecule has 0 radical (unpaired) electrons. The third-order valence-electron chi connectivity index (χ3n) is 9.48. The molecule has 2 saturated heterocycles. The van der Waals surface area contributed by atoms with Crippen LogP contribution in [0.3, 0.4) is 0 Å². The SMILES string of the molecule is CO[C@H]1[C@@H](O)[C@H](n2ccc(=O)[nH]c2=O)O[C@@H]1[C@@H](O[C@H]1OC(C(=O)NCc2ccc(N3CCC(Oc4ccc(OC(F)(F)F)cc4)CC3)cc2)=C[C@H](O)[C@@H]1O)C(N)=O. The van der Waals surface area contributed by atoms with E-state index in [1.807, 2.05) is 17.1 Å². The number of hydrogen-bond acceptors (Lipinski definition) is 14. The highest BCUT2D eigenvalue weighted by molar-refractivity contribution is 5.91. The van der Waals surface area contributed by atoms with E-state index in [1.165, 1.54) is 31.4 Å². The third kappa shape index (κ3) is 9.93. The van der Waals surface area contributed by atoms with Gasteiger partial charge in [0.15, 0.2) is 18.1 Å². The Morgan fingerprint density at radius 3 is 2.28 bits per heavy atom. The smallest absolute Gasteiger partial charge is 0.490 e. The number of aliphatic hydroxyl groups is 3. The molecule has 57 heavy (non-hydrogen) atoms. The van der Waals surface area contributed by atoms with Gasteiger partial charge in [0.1, 0.15) is 48.1 Å². The van der Waals surface area contributed by atoms with Gasteiger partial charge in [-0.2, -0.15) is 0 Å². The van der Waals surface area contributed by atoms with Crippen molar-refractivity contribution < 1.29 is 66.5 Å². The molecule has 21 heteroatoms. The van der Waals surface area contributed by atoms with Crippen LogP contribution in [0.25, 0.3) is 0 Å². The molecule has 7 N–H and O–H groups in total. The summed E-state index contributed by atoms with van der Waals surface area (Å²) in [6, 6.07) is 13.6. The zero-order valence-corrected chi connectivity index (χ0v) is 30.1. The monoisotopic (exact) mass is 807 g/mol. The molecule has 2 fully saturated rings. The predicted molar refractivity (Wildman–Crippen MR) is 188 cm³/mol. The van der Waals surface area contributed by atoms with Crippen molar-refractivity contribution in [2.24, 2.45) is 5.73 Å². The summed E-state index contributed by atoms with van der Waals surface area (Å²) in [6.45, 7) is 1.35. The molecule has 3 aliphatic heterocycles. The number of ether oxygens (including phenoxy) is 6. The van der Waals surface area contributed by atoms with E-state index in [0.717, 1.165) is 28.6 Å². The van der Waals surface area contributed by atoms with Crippen molar-refractivity contribution in [1.29, 1.82) is 0 Å². The molecule has 3 aliphatic rings. The van der Waals surface area contributed by atoms with E-state index >= 15 is 0 Å². The lowest BCUT2D eigenvalue weighted by molar-refractivity contribution is -0.274. The van der Waals surface area contributed by atoms with Gasteiger partial charge in [-0.05, 0) is 48.0 Å². The number of piperidine rings is 1. The number of alkyl halides is 3. The average molecular weight is 808 g/mol. The Kier molecular flexibility index (Phi) is 12.5. The maximum Gasteiger partial charge on any atom is 0.573 e. The number of aromatic amines is 1. The van der Waals surface area contributed by atoms with Crippen LogP contribution < -0.4 is 36.7 Å². The largest absolute Gasteiger partial charge is 0.573 e. The Balaban J connectivity index is 1.01. The minimum absolute atomic E-state index is 0.0332. The number of carbonyl (C=O) groups is 2. The maximum atomic E-state index is 13.1. The molecule has 0 bridgehead atoms. The molecular formula is C36H40F3N5O13. The van der Waals surface area contributed by atoms with Crippen LogP contribution in [0.4, 0.5) is 18.9 Å². The number of benzene rings is 2. The lowest BCUT2D eigenvalue weighted by atomic mass is 10.0. The first-order valence-electron chi connectivity index (χ1n) is 17.6. The summed E-state index contributed by atoms with van der Waals surface area (Å²) in [4.78, 5) is 53.9. The number of H-pyrrole nitrogens is 1. The van der Waals surface area contributed by atoms with Crippen LogP contribution in [-0.4, -0.2) is 112 Å². The summed E-state index contributed by atoms with van der Waals surface area (Å²) in [6.07, 6.45) is -14.6. The Labute approximate surface area is 321 Å². The highest BCUT2D eigenvalue weighted by Gasteiger charge is 2.52. The van der Waals surface area contributed by atoms with Crippen LogP contribution in [0.2, 0.25) is 0 Å². The van der Waals surface area contributed by atoms with Crippen molar-refractivity contribution in [3.05, 3.63) is 99.0 Å². The zero-order valence-electron chi connectivity index (χ0n) is 30.1. The topological polar surface area (TPSA) is 246 Å². The summed E-state index contributed by atoms with van der Waals surface area (Å²) < 4.78 is 70.3. The second kappa shape index (κ2) is 17.4. The summed E-state index contributed by atoms with van der Waals surface area (Å²) >= 11 is 0. The Morgan fingerprint density at radius 2 is 1.67 bits per heavy atom. The van der Waals surface area contributed by atoms with Gasteiger partial charge in [0.05, 0.1) is 0 Å². The Bertz CT molecular complexity index is 2020. The highest BCUT2D eigenvalue weighted by atomic mass is 19.4. The number of nitrogens with two attached hydrogens (primary N) is 1. The number of aromatic nitrogens is 2. The minimum Gasteiger partial charge on any atom is -0.490 e. The van der Waals surface area contributed by atoms with Crippen LogP contribution >= 0.6 is 0 Å². The number of amides is 2. The highest BCUT2D eigenvalue weighted by Crippen LogP contribution is 2.34. The van der Waals surface area contributed by atoms with Gasteiger partial charge < -0.3 is 59.7 Å². The van der Waals surface area contributed by atoms with E-state index in [1.54, 1.807) is 12.1 Å². The van der Waals surface area contributed by atoms with E-state index in [0.29, 0.717) is 37.2 Å². The third-order valence-corrected chi connectivity index (χ3v) is 9.48. The Morgan fingerprint density at radius 1 is 1.00 bits per heavy atom. The first-order valence-corrected chi connectivity index (χ1v) is 17.6. The fourth-order valence-electron chi connectivity index (χ4n) is 6.63. The number of halogens is 3. The number of nitrogens with one attached hydrogen (secondary N) is 2. The summed E-state index contributed by atoms with van der Waals surface area (Å²) in [7, 11) is 1.18. The molecule has 8 atom stereocenters. The van der Waals surface area contributed by atoms with Crippen LogP contribution in [0.1, 0.15) is 24.6 Å². The first-order chi connectivity index (χ1) is 27.1. The van der Waals surface area contributed by atoms with Crippen LogP contribution in [0.5, 0.6) is 11.5 Å². The first kappa shape index (κ1) is 41.2. The fraction of sp³-hybridized carbons (Fsp3) is 0.444. The molecular weight excluding hydrogens is 767 g/mol. The van der Waals surface area contributed by atoms with Gasteiger partial charge in [-0.1, -0.05) is 12.1 Å². The van der Waals surface area contributed by atoms with Crippen LogP contribution in [-0.2, 0) is 35.1 Å². The van der Waals surface area contributed by atoms with Gasteiger partial charge in [-0.25, -0.2) is 4.79 Å². The van der Waals surface area contributed by atoms with Gasteiger partial charge in [0, 0.05) is 57.5 Å². The van der Waals surface area contributed by atoms with Gasteiger partial charge >= 0.3 is 12.1 Å². The molecule has 18 nitrogen and oxygen atoms in total. The number of aliphatic hydroxyl groups excluding tert-OH is 3. The predicted octanol–water partition coefficient (Wildman–Crippen LogP) is -0.0948. The number of anilines is 1. The summed E-state index contributed by atoms with van der Waals surface area (Å²) in [5, 5.41) is 34.8. The van der Waals surface area contributed by atoms with Gasteiger partial charge in [-0.15, -0.1) is 13.2 Å². The van der Waals surface area contributed by atoms with Crippen molar-refractivity contribution in [1.82, 2.24) is 14.9 Å². The molecule has 0 saturated carbocycles. The van der Waals surface area contributed by atoms with Gasteiger partial charge in [0.25, 0.3) is 11.5 Å². The van der Waals surface area contributed by atoms with E-state index in [4.69, 9.17) is 29.4 Å². The normalized spacial score (nSPS) is 25.9. The second-order valence-electron chi connectivity index (χ2n) is 13.3. The number of primary amides is 1. The molecule has 2 amide bonds. The van der Waals surface area contributed by atoms with E-state index < -0.39 is 84.3 Å². The van der Waals surface area contributed by atoms with E-state index in [2.05, 4.69) is 15.0 Å². The molecule has 6 rings (SSSR count). The molecule has 2 aromatic carbocycles. The van der Waals surface area contributed by atoms with Crippen molar-refractivity contribution >= 4 is 17.5 Å². The average Bonchev–Trinajstić information content (AvgIpc) is 3.49. The molecule has 4 heterocycles. The zero-order chi connectivity index (χ0) is 41.0. The molecule has 308 valence electrons. The summed E-state index contributed by atoms with van der Waals surface area (Å²) in [5.41, 5.74) is 5.60.